The smallest absolute Gasteiger partial charge is 0.375 e. The summed E-state index contributed by atoms with van der Waals surface area (Å²) in [5, 5.41) is 9.02. The summed E-state index contributed by atoms with van der Waals surface area (Å²) in [5.41, 5.74) is 2.13. The second-order valence-electron chi connectivity index (χ2n) is 4.78. The summed E-state index contributed by atoms with van der Waals surface area (Å²) in [7, 11) is 1.39. The molecule has 1 aliphatic rings. The van der Waals surface area contributed by atoms with E-state index in [1.807, 2.05) is 19.1 Å². The van der Waals surface area contributed by atoms with Gasteiger partial charge in [-0.3, -0.25) is 0 Å². The van der Waals surface area contributed by atoms with E-state index in [9.17, 15) is 4.79 Å². The lowest BCUT2D eigenvalue weighted by Crippen LogP contribution is -2.11. The molecule has 0 bridgehead atoms. The number of hydrogen-bond acceptors (Lipinski definition) is 3. The third-order valence-corrected chi connectivity index (χ3v) is 3.44. The SMILES string of the molecule is CO/C=C(/Oc1cc(C2CCC2)ccc1C)C(=O)O. The summed E-state index contributed by atoms with van der Waals surface area (Å²) in [6.45, 7) is 1.89. The van der Waals surface area contributed by atoms with Crippen LogP contribution >= 0.6 is 0 Å². The van der Waals surface area contributed by atoms with Gasteiger partial charge in [-0.1, -0.05) is 18.6 Å². The number of rotatable bonds is 5. The molecule has 1 fully saturated rings. The lowest BCUT2D eigenvalue weighted by atomic mass is 9.80. The second-order valence-corrected chi connectivity index (χ2v) is 4.78. The van der Waals surface area contributed by atoms with Crippen LogP contribution in [0.3, 0.4) is 0 Å². The molecule has 1 aliphatic carbocycles. The molecule has 0 heterocycles. The van der Waals surface area contributed by atoms with Gasteiger partial charge in [-0.25, -0.2) is 4.79 Å². The van der Waals surface area contributed by atoms with E-state index in [-0.39, 0.29) is 5.76 Å². The van der Waals surface area contributed by atoms with Gasteiger partial charge in [-0.2, -0.15) is 0 Å². The highest BCUT2D eigenvalue weighted by molar-refractivity contribution is 5.84. The third kappa shape index (κ3) is 3.08. The third-order valence-electron chi connectivity index (χ3n) is 3.44. The quantitative estimate of drug-likeness (QED) is 0.654. The van der Waals surface area contributed by atoms with E-state index >= 15 is 0 Å². The average Bonchev–Trinajstić information content (AvgIpc) is 2.30. The van der Waals surface area contributed by atoms with Crippen molar-refractivity contribution in [1.29, 1.82) is 0 Å². The molecule has 4 nitrogen and oxygen atoms in total. The zero-order valence-electron chi connectivity index (χ0n) is 11.2. The summed E-state index contributed by atoms with van der Waals surface area (Å²) in [6, 6.07) is 5.99. The normalized spacial score (nSPS) is 15.8. The molecule has 1 N–H and O–H groups in total. The molecule has 0 saturated heterocycles. The summed E-state index contributed by atoms with van der Waals surface area (Å²) in [5.74, 6) is -0.190. The van der Waals surface area contributed by atoms with Crippen molar-refractivity contribution in [3.05, 3.63) is 41.3 Å². The Morgan fingerprint density at radius 3 is 2.68 bits per heavy atom. The van der Waals surface area contributed by atoms with Gasteiger partial charge in [0.2, 0.25) is 5.76 Å². The highest BCUT2D eigenvalue weighted by Crippen LogP contribution is 2.38. The van der Waals surface area contributed by atoms with Gasteiger partial charge in [0.05, 0.1) is 7.11 Å². The molecule has 1 aromatic rings. The van der Waals surface area contributed by atoms with Crippen LogP contribution in [-0.2, 0) is 9.53 Å². The first-order valence-electron chi connectivity index (χ1n) is 6.36. The zero-order chi connectivity index (χ0) is 13.8. The molecule has 102 valence electrons. The fraction of sp³-hybridized carbons (Fsp3) is 0.400. The van der Waals surface area contributed by atoms with Crippen LogP contribution in [0.25, 0.3) is 0 Å². The molecule has 1 aromatic carbocycles. The van der Waals surface area contributed by atoms with Crippen LogP contribution < -0.4 is 4.74 Å². The van der Waals surface area contributed by atoms with Crippen molar-refractivity contribution in [2.75, 3.05) is 7.11 Å². The Morgan fingerprint density at radius 2 is 2.16 bits per heavy atom. The molecule has 0 spiro atoms. The van der Waals surface area contributed by atoms with Crippen molar-refractivity contribution in [1.82, 2.24) is 0 Å². The number of carboxylic acid groups (broad SMARTS) is 1. The van der Waals surface area contributed by atoms with Gasteiger partial charge in [0.15, 0.2) is 0 Å². The Balaban J connectivity index is 2.22. The fourth-order valence-corrected chi connectivity index (χ4v) is 2.07. The monoisotopic (exact) mass is 262 g/mol. The van der Waals surface area contributed by atoms with Crippen LogP contribution in [0.2, 0.25) is 0 Å². The Bertz CT molecular complexity index is 501. The summed E-state index contributed by atoms with van der Waals surface area (Å²) >= 11 is 0. The zero-order valence-corrected chi connectivity index (χ0v) is 11.2. The summed E-state index contributed by atoms with van der Waals surface area (Å²) in [4.78, 5) is 11.0. The minimum Gasteiger partial charge on any atom is -0.500 e. The molecule has 4 heteroatoms. The van der Waals surface area contributed by atoms with Crippen molar-refractivity contribution in [2.45, 2.75) is 32.1 Å². The van der Waals surface area contributed by atoms with Crippen molar-refractivity contribution in [2.24, 2.45) is 0 Å². The maximum absolute atomic E-state index is 11.0. The van der Waals surface area contributed by atoms with Crippen molar-refractivity contribution in [3.8, 4) is 5.75 Å². The Hall–Kier alpha value is -1.97. The van der Waals surface area contributed by atoms with Crippen LogP contribution in [0.4, 0.5) is 0 Å². The highest BCUT2D eigenvalue weighted by atomic mass is 16.5. The number of aliphatic carboxylic acids is 1. The van der Waals surface area contributed by atoms with E-state index in [0.29, 0.717) is 11.7 Å². The summed E-state index contributed by atoms with van der Waals surface area (Å²) < 4.78 is 10.2. The van der Waals surface area contributed by atoms with Gasteiger partial charge in [-0.15, -0.1) is 0 Å². The van der Waals surface area contributed by atoms with E-state index in [1.54, 1.807) is 0 Å². The largest absolute Gasteiger partial charge is 0.500 e. The van der Waals surface area contributed by atoms with Gasteiger partial charge < -0.3 is 14.6 Å². The number of aryl methyl sites for hydroxylation is 1. The number of hydrogen-bond donors (Lipinski definition) is 1. The molecule has 0 amide bonds. The Labute approximate surface area is 112 Å². The van der Waals surface area contributed by atoms with Gasteiger partial charge in [-0.05, 0) is 42.9 Å². The molecule has 19 heavy (non-hydrogen) atoms. The lowest BCUT2D eigenvalue weighted by Gasteiger charge is -2.26. The second kappa shape index (κ2) is 5.78. The van der Waals surface area contributed by atoms with Gasteiger partial charge in [0.25, 0.3) is 0 Å². The van der Waals surface area contributed by atoms with Gasteiger partial charge in [0, 0.05) is 0 Å². The maximum atomic E-state index is 11.0. The van der Waals surface area contributed by atoms with Gasteiger partial charge >= 0.3 is 5.97 Å². The molecular weight excluding hydrogens is 244 g/mol. The molecule has 1 saturated carbocycles. The standard InChI is InChI=1S/C15H18O4/c1-10-6-7-12(11-4-3-5-11)8-13(10)19-14(9-18-2)15(16)17/h6-9,11H,3-5H2,1-2H3,(H,16,17)/b14-9+. The predicted octanol–water partition coefficient (Wildman–Crippen LogP) is 3.21. The van der Waals surface area contributed by atoms with Crippen LogP contribution in [0.15, 0.2) is 30.2 Å². The first-order chi connectivity index (χ1) is 9.11. The van der Waals surface area contributed by atoms with Gasteiger partial charge in [0.1, 0.15) is 12.0 Å². The molecule has 0 radical (unpaired) electrons. The minimum atomic E-state index is -1.14. The molecule has 0 aromatic heterocycles. The number of carbonyl (C=O) groups is 1. The number of benzene rings is 1. The van der Waals surface area contributed by atoms with E-state index in [2.05, 4.69) is 6.07 Å². The van der Waals surface area contributed by atoms with Crippen molar-refractivity contribution >= 4 is 5.97 Å². The van der Waals surface area contributed by atoms with E-state index in [0.717, 1.165) is 11.8 Å². The molecule has 0 aliphatic heterocycles. The average molecular weight is 262 g/mol. The molecule has 0 atom stereocenters. The fourth-order valence-electron chi connectivity index (χ4n) is 2.07. The first-order valence-corrected chi connectivity index (χ1v) is 6.36. The van der Waals surface area contributed by atoms with Crippen LogP contribution in [0, 0.1) is 6.92 Å². The van der Waals surface area contributed by atoms with E-state index in [4.69, 9.17) is 14.6 Å². The predicted molar refractivity (Wildman–Crippen MR) is 71.1 cm³/mol. The van der Waals surface area contributed by atoms with Crippen LogP contribution in [0.5, 0.6) is 5.75 Å². The van der Waals surface area contributed by atoms with E-state index < -0.39 is 5.97 Å². The molecule has 2 rings (SSSR count). The van der Waals surface area contributed by atoms with Crippen LogP contribution in [0.1, 0.15) is 36.3 Å². The number of methoxy groups -OCH3 is 1. The Morgan fingerprint density at radius 1 is 1.42 bits per heavy atom. The maximum Gasteiger partial charge on any atom is 0.375 e. The highest BCUT2D eigenvalue weighted by Gasteiger charge is 2.21. The van der Waals surface area contributed by atoms with E-state index in [1.165, 1.54) is 31.9 Å². The number of ether oxygens (including phenoxy) is 2. The lowest BCUT2D eigenvalue weighted by molar-refractivity contribution is -0.135. The molecular formula is C15H18O4. The Kier molecular flexibility index (Phi) is 4.10. The number of carboxylic acids is 1. The summed E-state index contributed by atoms with van der Waals surface area (Å²) in [6.07, 6.45) is 4.75. The van der Waals surface area contributed by atoms with Crippen molar-refractivity contribution < 1.29 is 19.4 Å². The van der Waals surface area contributed by atoms with Crippen molar-refractivity contribution in [3.63, 3.8) is 0 Å². The topological polar surface area (TPSA) is 55.8 Å². The molecule has 0 unspecified atom stereocenters. The van der Waals surface area contributed by atoms with Crippen LogP contribution in [-0.4, -0.2) is 18.2 Å². The minimum absolute atomic E-state index is 0.212. The first kappa shape index (κ1) is 13.5.